The Morgan fingerprint density at radius 2 is 0.798 bits per heavy atom. The van der Waals surface area contributed by atoms with Crippen molar-refractivity contribution in [3.05, 3.63) is 102 Å². The fourth-order valence-electron chi connectivity index (χ4n) is 12.9. The molecule has 14 atom stereocenters. The summed E-state index contributed by atoms with van der Waals surface area (Å²) < 4.78 is 0. The molecule has 42 nitrogen and oxygen atoms in total. The average Bonchev–Trinajstić information content (AvgIpc) is 1.65. The average molecular weight is 1770 g/mol. The van der Waals surface area contributed by atoms with Gasteiger partial charge in [0, 0.05) is 73.5 Å². The van der Waals surface area contributed by atoms with Gasteiger partial charge in [0.05, 0.1) is 25.5 Å². The van der Waals surface area contributed by atoms with Crippen LogP contribution in [-0.4, -0.2) is 264 Å². The number of hydrogen-bond donors (Lipinski definition) is 26. The molecule has 2 heterocycles. The number of carbonyl (C=O) groups is 16. The number of H-pyrrole nitrogens is 2. The van der Waals surface area contributed by atoms with Crippen molar-refractivity contribution in [2.45, 2.75) is 197 Å². The molecule has 0 aliphatic rings. The second-order valence-corrected chi connectivity index (χ2v) is 31.9. The van der Waals surface area contributed by atoms with Gasteiger partial charge >= 0.3 is 17.9 Å². The standard InChI is InChI=1S/C80H115N21O21S2/c1-9-41(4)65(100-74(117)60(36-63(108)109)98-77(120)66(42(5)102)101-73(116)56(32-44-22-24-47(104)25-23-44)94-71(114)58(34-46-38-89-51-19-13-11-17-49(46)51)97-75(118)64(40(2)3)99-61(105)39-87-43(6)103)76(119)92-53(21-15-29-86-80(83)84)67(110)91-54(26-30-123-7)69(112)90-52(20-14-28-85-79(81)82)68(111)96-59(35-62(106)107)72(115)95-57(70(113)93-55(78(121)122)27-31-124-8)33-45-37-88-50-18-12-10-16-48(45)50/h10-13,16-19,22-25,37-38,40-42,52-60,64-66,88-89,102,104H,9,14-15,20-21,26-36,39H2,1-8H3,(H,87,103)(H,90,112)(H,91,110)(H,92,119)(H,93,113)(H,94,114)(H,95,115)(H,96,111)(H,97,118)(H,98,120)(H,99,105)(H,100,117)(H,101,116)(H,106,107)(H,108,109)(H,121,122)(H4,81,82,85)(H4,83,84,86)/t41-,42+,52-,53-,54-,55-,56-,57-,58-,59-,60-,64-,65-,66-/m0/s1. The SMILES string of the molecule is CC[C@H](C)[C@H](NC(=O)[C@H](CC(=O)O)NC(=O)[C@@H](NC(=O)[C@H](Cc1ccc(O)cc1)NC(=O)[C@H](Cc1c[nH]c2ccccc12)NC(=O)[C@@H](NC(=O)CNC(C)=O)C(C)C)[C@@H](C)O)C(=O)N[C@@H](CCCNC(=N)N)C(=O)N[C@@H](CCSC)C(=O)N[C@@H](CCCNC(=N)N)C(=O)N[C@@H](CC(=O)O)C(=O)N[C@@H](Cc1c[nH]c2ccccc12)C(=O)N[C@@H](CCSC)C(=O)O. The highest BCUT2D eigenvalue weighted by Crippen LogP contribution is 2.23. The number of nitrogens with one attached hydrogen (secondary N) is 19. The van der Waals surface area contributed by atoms with Gasteiger partial charge in [-0.25, -0.2) is 4.79 Å². The first-order chi connectivity index (χ1) is 58.7. The number of phenols is 1. The van der Waals surface area contributed by atoms with Crippen LogP contribution in [0.4, 0.5) is 0 Å². The number of aliphatic hydroxyl groups excluding tert-OH is 1. The first-order valence-corrected chi connectivity index (χ1v) is 42.8. The van der Waals surface area contributed by atoms with E-state index < -0.39 is 223 Å². The molecule has 2 aromatic heterocycles. The second-order valence-electron chi connectivity index (χ2n) is 29.9. The molecule has 678 valence electrons. The van der Waals surface area contributed by atoms with Crippen molar-refractivity contribution in [1.82, 2.24) is 89.7 Å². The third kappa shape index (κ3) is 33.9. The first-order valence-electron chi connectivity index (χ1n) is 40.0. The number of thioether (sulfide) groups is 2. The van der Waals surface area contributed by atoms with Gasteiger partial charge in [0.2, 0.25) is 76.8 Å². The summed E-state index contributed by atoms with van der Waals surface area (Å²) >= 11 is 2.54. The van der Waals surface area contributed by atoms with Gasteiger partial charge in [-0.05, 0) is 122 Å². The fraction of sp³-hybridized carbons (Fsp3) is 0.500. The lowest BCUT2D eigenvalue weighted by atomic mass is 9.96. The monoisotopic (exact) mass is 1770 g/mol. The van der Waals surface area contributed by atoms with Crippen LogP contribution in [0.25, 0.3) is 21.8 Å². The molecule has 3 aromatic carbocycles. The fourth-order valence-corrected chi connectivity index (χ4v) is 13.8. The van der Waals surface area contributed by atoms with Crippen molar-refractivity contribution in [2.24, 2.45) is 23.3 Å². The lowest BCUT2D eigenvalue weighted by Gasteiger charge is -2.30. The zero-order valence-corrected chi connectivity index (χ0v) is 71.6. The van der Waals surface area contributed by atoms with Gasteiger partial charge in [-0.3, -0.25) is 82.7 Å². The molecular formula is C80H115N21O21S2. The van der Waals surface area contributed by atoms with E-state index >= 15 is 0 Å². The summed E-state index contributed by atoms with van der Waals surface area (Å²) in [5.41, 5.74) is 13.7. The van der Waals surface area contributed by atoms with Crippen LogP contribution >= 0.6 is 23.5 Å². The molecule has 5 aromatic rings. The number of phenolic OH excluding ortho intramolecular Hbond substituents is 1. The summed E-state index contributed by atoms with van der Waals surface area (Å²) in [7, 11) is 0. The maximum atomic E-state index is 14.9. The topological polar surface area (TPSA) is 686 Å². The minimum absolute atomic E-state index is 0.0123. The Balaban J connectivity index is 1.42. The maximum absolute atomic E-state index is 14.9. The lowest BCUT2D eigenvalue weighted by molar-refractivity contribution is -0.143. The van der Waals surface area contributed by atoms with E-state index in [-0.39, 0.29) is 82.4 Å². The molecule has 124 heavy (non-hydrogen) atoms. The highest BCUT2D eigenvalue weighted by molar-refractivity contribution is 7.98. The highest BCUT2D eigenvalue weighted by Gasteiger charge is 2.40. The van der Waals surface area contributed by atoms with Crippen LogP contribution in [0.3, 0.4) is 0 Å². The number of benzene rings is 3. The molecule has 0 unspecified atom stereocenters. The summed E-state index contributed by atoms with van der Waals surface area (Å²) in [6.07, 6.45) is 0.818. The number of para-hydroxylation sites is 2. The minimum Gasteiger partial charge on any atom is -0.508 e. The Hall–Kier alpha value is -12.7. The lowest BCUT2D eigenvalue weighted by Crippen LogP contribution is -2.63. The van der Waals surface area contributed by atoms with E-state index in [2.05, 4.69) is 89.7 Å². The van der Waals surface area contributed by atoms with E-state index in [1.165, 1.54) is 61.6 Å². The Morgan fingerprint density at radius 1 is 0.435 bits per heavy atom. The number of aliphatic carboxylic acids is 3. The Labute approximate surface area is 723 Å². The number of aromatic hydroxyl groups is 1. The minimum atomic E-state index is -2.11. The predicted octanol–water partition coefficient (Wildman–Crippen LogP) is -2.51. The number of carboxylic acids is 3. The quantitative estimate of drug-likeness (QED) is 0.0109. The predicted molar refractivity (Wildman–Crippen MR) is 460 cm³/mol. The van der Waals surface area contributed by atoms with Gasteiger partial charge in [-0.1, -0.05) is 82.6 Å². The van der Waals surface area contributed by atoms with E-state index in [4.69, 9.17) is 22.3 Å². The molecule has 28 N–H and O–H groups in total. The van der Waals surface area contributed by atoms with Crippen LogP contribution in [0.1, 0.15) is 116 Å². The molecule has 44 heteroatoms. The normalized spacial score (nSPS) is 14.5. The van der Waals surface area contributed by atoms with Crippen molar-refractivity contribution in [1.29, 1.82) is 10.8 Å². The largest absolute Gasteiger partial charge is 0.508 e. The number of aromatic nitrogens is 2. The van der Waals surface area contributed by atoms with Crippen molar-refractivity contribution < 1.29 is 102 Å². The molecule has 0 fully saturated rings. The molecule has 0 saturated carbocycles. The third-order valence-electron chi connectivity index (χ3n) is 19.8. The van der Waals surface area contributed by atoms with E-state index in [0.717, 1.165) is 6.92 Å². The van der Waals surface area contributed by atoms with E-state index in [0.29, 0.717) is 44.2 Å². The molecule has 0 bridgehead atoms. The summed E-state index contributed by atoms with van der Waals surface area (Å²) in [6.45, 7) is 8.00. The Bertz CT molecular complexity index is 4570. The van der Waals surface area contributed by atoms with E-state index in [1.807, 2.05) is 0 Å². The van der Waals surface area contributed by atoms with Crippen LogP contribution in [0, 0.1) is 22.7 Å². The number of fused-ring (bicyclic) bond motifs is 2. The zero-order chi connectivity index (χ0) is 92.0. The first kappa shape index (κ1) is 102. The molecule has 0 aliphatic heterocycles. The van der Waals surface area contributed by atoms with Crippen LogP contribution in [0.15, 0.2) is 85.2 Å². The summed E-state index contributed by atoms with van der Waals surface area (Å²) in [5, 5.41) is 106. The van der Waals surface area contributed by atoms with Crippen molar-refractivity contribution >= 4 is 152 Å². The number of aliphatic hydroxyl groups is 1. The van der Waals surface area contributed by atoms with Gasteiger partial charge in [0.15, 0.2) is 11.9 Å². The number of rotatable bonds is 54. The summed E-state index contributed by atoms with van der Waals surface area (Å²) in [4.78, 5) is 229. The van der Waals surface area contributed by atoms with Gasteiger partial charge < -0.3 is 127 Å². The van der Waals surface area contributed by atoms with Gasteiger partial charge in [0.25, 0.3) is 0 Å². The number of carbonyl (C=O) groups excluding carboxylic acids is 13. The number of amides is 13. The molecule has 13 amide bonds. The zero-order valence-electron chi connectivity index (χ0n) is 70.0. The molecule has 0 saturated heterocycles. The number of nitrogens with two attached hydrogens (primary N) is 2. The van der Waals surface area contributed by atoms with Crippen LogP contribution in [0.5, 0.6) is 5.75 Å². The molecular weight excluding hydrogens is 1660 g/mol. The molecule has 5 rings (SSSR count). The van der Waals surface area contributed by atoms with E-state index in [1.54, 1.807) is 94.2 Å². The summed E-state index contributed by atoms with van der Waals surface area (Å²) in [6, 6.07) is -0.857. The summed E-state index contributed by atoms with van der Waals surface area (Å²) in [5.74, 6) is -20.1. The molecule has 0 radical (unpaired) electrons. The Kier molecular flexibility index (Phi) is 42.1. The van der Waals surface area contributed by atoms with Crippen LogP contribution in [0.2, 0.25) is 0 Å². The maximum Gasteiger partial charge on any atom is 0.326 e. The number of aromatic amines is 2. The van der Waals surface area contributed by atoms with Gasteiger partial charge in [0.1, 0.15) is 78.3 Å². The van der Waals surface area contributed by atoms with Crippen molar-refractivity contribution in [2.75, 3.05) is 43.7 Å². The second kappa shape index (κ2) is 51.2. The van der Waals surface area contributed by atoms with Gasteiger partial charge in [-0.2, -0.15) is 23.5 Å². The number of hydrogen-bond acceptors (Lipinski definition) is 22. The highest BCUT2D eigenvalue weighted by atomic mass is 32.2. The van der Waals surface area contributed by atoms with Crippen LogP contribution in [-0.2, 0) is 96.0 Å². The van der Waals surface area contributed by atoms with Gasteiger partial charge in [-0.15, -0.1) is 0 Å². The Morgan fingerprint density at radius 3 is 1.23 bits per heavy atom. The number of guanidine groups is 2. The number of carboxylic acid groups (broad SMARTS) is 3. The van der Waals surface area contributed by atoms with E-state index in [9.17, 15) is 102 Å². The van der Waals surface area contributed by atoms with Crippen LogP contribution < -0.4 is 91.2 Å². The molecule has 0 spiro atoms. The smallest absolute Gasteiger partial charge is 0.326 e. The van der Waals surface area contributed by atoms with Crippen molar-refractivity contribution in [3.63, 3.8) is 0 Å². The third-order valence-corrected chi connectivity index (χ3v) is 21.1. The van der Waals surface area contributed by atoms with Crippen molar-refractivity contribution in [3.8, 4) is 5.75 Å². The molecule has 0 aliphatic carbocycles.